The van der Waals surface area contributed by atoms with E-state index in [-0.39, 0.29) is 32.9 Å². The number of hydrogen-bond acceptors (Lipinski definition) is 8. The molecule has 2 fully saturated rings. The Kier molecular flexibility index (Phi) is 37.5. The molecule has 1 aliphatic heterocycles. The minimum Gasteiger partial charge on any atom is -0.381 e. The maximum absolute atomic E-state index is 13.9. The molecule has 0 bridgehead atoms. The summed E-state index contributed by atoms with van der Waals surface area (Å²) < 4.78 is 41.8. The molecule has 448 valence electrons. The van der Waals surface area contributed by atoms with Gasteiger partial charge in [-0.3, -0.25) is 9.78 Å². The first-order valence-electron chi connectivity index (χ1n) is 33.3. The summed E-state index contributed by atoms with van der Waals surface area (Å²) in [6.45, 7) is 1.27. The fraction of sp³-hybridized carbons (Fsp3) is 0.848. The van der Waals surface area contributed by atoms with Crippen LogP contribution in [-0.4, -0.2) is 40.0 Å². The third-order valence-corrected chi connectivity index (χ3v) is 18.9. The first-order chi connectivity index (χ1) is 38.1. The second-order valence-electron chi connectivity index (χ2n) is 24.5. The highest BCUT2D eigenvalue weighted by molar-refractivity contribution is 7.99. The third kappa shape index (κ3) is 29.9. The monoisotopic (exact) mass is 1110 g/mol. The molecule has 0 aromatic carbocycles. The molecular weight excluding hydrogens is 996 g/mol. The van der Waals surface area contributed by atoms with Gasteiger partial charge in [0.1, 0.15) is 5.03 Å². The number of pyridine rings is 1. The summed E-state index contributed by atoms with van der Waals surface area (Å²) in [7, 11) is 0. The highest BCUT2D eigenvalue weighted by Crippen LogP contribution is 2.45. The number of anilines is 2. The lowest BCUT2D eigenvalue weighted by Crippen LogP contribution is -2.41. The fourth-order valence-electron chi connectivity index (χ4n) is 12.8. The van der Waals surface area contributed by atoms with Crippen LogP contribution in [-0.2, 0) is 6.18 Å². The molecule has 0 radical (unpaired) electrons. The van der Waals surface area contributed by atoms with Crippen LogP contribution in [0.4, 0.5) is 24.8 Å². The van der Waals surface area contributed by atoms with Crippen molar-refractivity contribution < 1.29 is 18.0 Å². The van der Waals surface area contributed by atoms with Crippen LogP contribution in [0.15, 0.2) is 28.3 Å². The van der Waals surface area contributed by atoms with Gasteiger partial charge in [-0.2, -0.15) is 13.2 Å². The van der Waals surface area contributed by atoms with Crippen LogP contribution in [0.25, 0.3) is 0 Å². The Morgan fingerprint density at radius 1 is 0.500 bits per heavy atom. The van der Waals surface area contributed by atoms with Crippen molar-refractivity contribution in [2.75, 3.05) is 23.7 Å². The van der Waals surface area contributed by atoms with E-state index < -0.39 is 17.8 Å². The van der Waals surface area contributed by atoms with Crippen LogP contribution in [0.1, 0.15) is 344 Å². The molecule has 6 N–H and O–H groups in total. The summed E-state index contributed by atoms with van der Waals surface area (Å²) >= 11 is 0.700. The van der Waals surface area contributed by atoms with Crippen molar-refractivity contribution in [1.82, 2.24) is 15.0 Å². The van der Waals surface area contributed by atoms with Gasteiger partial charge >= 0.3 is 6.18 Å². The minimum absolute atomic E-state index is 0.00385. The number of nitrogens with zero attached hydrogens (tertiary/aromatic N) is 4. The molecule has 1 aliphatic carbocycles. The molecule has 2 unspecified atom stereocenters. The van der Waals surface area contributed by atoms with Crippen molar-refractivity contribution >= 4 is 29.3 Å². The van der Waals surface area contributed by atoms with Crippen LogP contribution in [0.2, 0.25) is 0 Å². The Labute approximate surface area is 479 Å². The molecule has 1 saturated carbocycles. The molecule has 2 atom stereocenters. The van der Waals surface area contributed by atoms with E-state index in [0.717, 1.165) is 64.0 Å². The number of alkyl halides is 3. The second kappa shape index (κ2) is 43.1. The number of rotatable bonds is 4. The van der Waals surface area contributed by atoms with Gasteiger partial charge in [0.05, 0.1) is 0 Å². The van der Waals surface area contributed by atoms with E-state index in [1.807, 2.05) is 0 Å². The molecule has 2 aliphatic rings. The van der Waals surface area contributed by atoms with Gasteiger partial charge in [-0.05, 0) is 49.7 Å². The molecule has 1 spiro atoms. The van der Waals surface area contributed by atoms with E-state index >= 15 is 0 Å². The van der Waals surface area contributed by atoms with Crippen molar-refractivity contribution in [2.45, 2.75) is 350 Å². The molecule has 3 heterocycles. The highest BCUT2D eigenvalue weighted by atomic mass is 32.2. The van der Waals surface area contributed by atoms with E-state index in [0.29, 0.717) is 30.7 Å². The molecule has 8 nitrogen and oxygen atoms in total. The van der Waals surface area contributed by atoms with Crippen LogP contribution in [0.5, 0.6) is 0 Å². The minimum atomic E-state index is -4.68. The number of nitrogen functional groups attached to an aromatic ring is 1. The van der Waals surface area contributed by atoms with Gasteiger partial charge in [-0.25, -0.2) is 9.97 Å². The third-order valence-electron chi connectivity index (χ3n) is 17.9. The number of carbonyl (C=O) groups excluding carboxylic acids is 1. The van der Waals surface area contributed by atoms with E-state index in [1.165, 1.54) is 282 Å². The Balaban J connectivity index is 1.26. The quantitative estimate of drug-likeness (QED) is 0.275. The predicted molar refractivity (Wildman–Crippen MR) is 326 cm³/mol. The Hall–Kier alpha value is -2.60. The number of halogens is 3. The fourth-order valence-corrected chi connectivity index (χ4v) is 13.7. The SMILES string of the molecule is NC(=O)c1nc(Sc2cccnc2C(F)(F)F)c(N)nc1N1CCCCCCCCCCCCCCCCCCCCCCCCCCCCCCCCCCCCCCCCCCCCCCCCC2(CCCC2N)CC1. The maximum atomic E-state index is 13.9. The van der Waals surface area contributed by atoms with Gasteiger partial charge in [-0.15, -0.1) is 0 Å². The number of hydrogen-bond donors (Lipinski definition) is 3. The molecular formula is C66H116F3N7OS. The highest BCUT2D eigenvalue weighted by Gasteiger charge is 2.41. The van der Waals surface area contributed by atoms with Gasteiger partial charge < -0.3 is 22.1 Å². The van der Waals surface area contributed by atoms with Crippen molar-refractivity contribution in [2.24, 2.45) is 16.9 Å². The van der Waals surface area contributed by atoms with Gasteiger partial charge in [0.15, 0.2) is 23.0 Å². The first kappa shape index (κ1) is 67.9. The van der Waals surface area contributed by atoms with Crippen LogP contribution in [0.3, 0.4) is 0 Å². The van der Waals surface area contributed by atoms with E-state index in [2.05, 4.69) is 14.9 Å². The van der Waals surface area contributed by atoms with E-state index in [1.54, 1.807) is 0 Å². The summed E-state index contributed by atoms with van der Waals surface area (Å²) in [5, 5.41) is -0.00385. The van der Waals surface area contributed by atoms with E-state index in [9.17, 15) is 18.0 Å². The summed E-state index contributed by atoms with van der Waals surface area (Å²) in [6, 6.07) is 2.86. The number of aromatic nitrogens is 3. The van der Waals surface area contributed by atoms with Crippen molar-refractivity contribution in [3.05, 3.63) is 29.7 Å². The number of primary amides is 1. The molecule has 78 heavy (non-hydrogen) atoms. The predicted octanol–water partition coefficient (Wildman–Crippen LogP) is 20.8. The largest absolute Gasteiger partial charge is 0.434 e. The summed E-state index contributed by atoms with van der Waals surface area (Å²) in [5.41, 5.74) is 18.4. The lowest BCUT2D eigenvalue weighted by molar-refractivity contribution is -0.143. The summed E-state index contributed by atoms with van der Waals surface area (Å²) in [4.78, 5) is 28.0. The van der Waals surface area contributed by atoms with Crippen LogP contribution < -0.4 is 22.1 Å². The molecule has 4 rings (SSSR count). The summed E-state index contributed by atoms with van der Waals surface area (Å²) in [6.07, 6.45) is 64.4. The molecule has 2 aromatic heterocycles. The van der Waals surface area contributed by atoms with Crippen LogP contribution in [0, 0.1) is 5.41 Å². The maximum Gasteiger partial charge on any atom is 0.434 e. The van der Waals surface area contributed by atoms with E-state index in [4.69, 9.17) is 22.2 Å². The topological polar surface area (TPSA) is 137 Å². The van der Waals surface area contributed by atoms with Crippen molar-refractivity contribution in [1.29, 1.82) is 0 Å². The normalized spacial score (nSPS) is 23.8. The van der Waals surface area contributed by atoms with Gasteiger partial charge in [0.25, 0.3) is 5.91 Å². The lowest BCUT2D eigenvalue weighted by Gasteiger charge is -2.37. The second-order valence-corrected chi connectivity index (χ2v) is 25.5. The average Bonchev–Trinajstić information content (AvgIpc) is 3.84. The number of amides is 1. The number of nitrogens with two attached hydrogens (primary N) is 3. The Morgan fingerprint density at radius 2 is 0.846 bits per heavy atom. The molecule has 2 aromatic rings. The van der Waals surface area contributed by atoms with Crippen molar-refractivity contribution in [3.63, 3.8) is 0 Å². The first-order valence-corrected chi connectivity index (χ1v) is 34.1. The zero-order valence-corrected chi connectivity index (χ0v) is 50.6. The van der Waals surface area contributed by atoms with Crippen LogP contribution >= 0.6 is 11.8 Å². The summed E-state index contributed by atoms with van der Waals surface area (Å²) in [5.74, 6) is -0.522. The standard InChI is InChI=1S/C66H116F3N7OS/c67-66(68,69)60-57(49-48-54-73-60)78-64-61(71)75-63(59(74-64)62(72)77)76-55-46-44-42-40-38-36-34-32-30-28-26-24-22-20-18-16-14-12-10-8-6-4-2-1-3-5-7-9-11-13-15-17-19-21-23-25-27-29-31-33-35-37-39-41-43-45-51-65(53-56-76)52-47-50-58(65)70/h48-49,54,58H,1-47,50-53,55-56,70H2,(H2,71,75)(H2,72,77). The van der Waals surface area contributed by atoms with Crippen molar-refractivity contribution in [3.8, 4) is 0 Å². The zero-order chi connectivity index (χ0) is 55.6. The van der Waals surface area contributed by atoms with Gasteiger partial charge in [0.2, 0.25) is 0 Å². The Bertz CT molecular complexity index is 1800. The van der Waals surface area contributed by atoms with Gasteiger partial charge in [-0.1, -0.05) is 307 Å². The Morgan fingerprint density at radius 3 is 1.18 bits per heavy atom. The zero-order valence-electron chi connectivity index (χ0n) is 49.8. The number of carbonyl (C=O) groups is 1. The molecule has 1 saturated heterocycles. The smallest absolute Gasteiger partial charge is 0.381 e. The average molecular weight is 1110 g/mol. The van der Waals surface area contributed by atoms with Gasteiger partial charge in [0, 0.05) is 30.2 Å². The lowest BCUT2D eigenvalue weighted by atomic mass is 9.75. The molecule has 1 amide bonds. The molecule has 12 heteroatoms.